The van der Waals surface area contributed by atoms with E-state index in [1.54, 1.807) is 10.7 Å². The molecule has 0 unspecified atom stereocenters. The van der Waals surface area contributed by atoms with E-state index in [0.717, 1.165) is 23.6 Å². The summed E-state index contributed by atoms with van der Waals surface area (Å²) >= 11 is 0. The van der Waals surface area contributed by atoms with Crippen molar-refractivity contribution in [1.82, 2.24) is 24.9 Å². The molecule has 0 aliphatic heterocycles. The van der Waals surface area contributed by atoms with Crippen molar-refractivity contribution < 1.29 is 9.53 Å². The Morgan fingerprint density at radius 3 is 2.64 bits per heavy atom. The van der Waals surface area contributed by atoms with Gasteiger partial charge < -0.3 is 10.1 Å². The van der Waals surface area contributed by atoms with Gasteiger partial charge in [-0.2, -0.15) is 5.10 Å². The lowest BCUT2D eigenvalue weighted by Crippen LogP contribution is -2.26. The minimum atomic E-state index is -0.221. The van der Waals surface area contributed by atoms with E-state index in [0.29, 0.717) is 18.1 Å². The lowest BCUT2D eigenvalue weighted by Gasteiger charge is -2.09. The van der Waals surface area contributed by atoms with Crippen LogP contribution in [-0.2, 0) is 13.1 Å². The number of aromatic nitrogens is 4. The molecule has 1 N–H and O–H groups in total. The lowest BCUT2D eigenvalue weighted by molar-refractivity contribution is 0.0942. The van der Waals surface area contributed by atoms with Crippen molar-refractivity contribution in [2.45, 2.75) is 26.9 Å². The number of amides is 1. The summed E-state index contributed by atoms with van der Waals surface area (Å²) in [7, 11) is 1.53. The average Bonchev–Trinajstić information content (AvgIpc) is 3.23. The molecular weight excluding hydrogens is 318 g/mol. The Labute approximate surface area is 146 Å². The molecule has 25 heavy (non-hydrogen) atoms. The molecule has 0 aliphatic rings. The molecule has 0 fully saturated rings. The van der Waals surface area contributed by atoms with Crippen molar-refractivity contribution >= 4 is 5.91 Å². The van der Waals surface area contributed by atoms with Crippen molar-refractivity contribution in [2.75, 3.05) is 7.11 Å². The van der Waals surface area contributed by atoms with Crippen LogP contribution in [0, 0.1) is 6.92 Å². The van der Waals surface area contributed by atoms with Crippen LogP contribution in [0.1, 0.15) is 28.8 Å². The summed E-state index contributed by atoms with van der Waals surface area (Å²) in [5.41, 5.74) is 3.11. The highest BCUT2D eigenvalue weighted by Crippen LogP contribution is 2.17. The molecule has 7 nitrogen and oxygen atoms in total. The fraction of sp³-hybridized carbons (Fsp3) is 0.278. The van der Waals surface area contributed by atoms with Gasteiger partial charge in [-0.15, -0.1) is 5.10 Å². The smallest absolute Gasteiger partial charge is 0.270 e. The normalized spacial score (nSPS) is 10.7. The van der Waals surface area contributed by atoms with Crippen molar-refractivity contribution in [3.05, 3.63) is 59.5 Å². The van der Waals surface area contributed by atoms with Crippen molar-refractivity contribution in [1.29, 1.82) is 0 Å². The standard InChI is InChI=1S/C18H21N5O2/c1-4-22-15(10-13(2)20-22)12-19-18(24)16-11-17(25-3)21-23(16)14-8-6-5-7-9-14/h5-11H,4,12H2,1-3H3,(H,19,24). The van der Waals surface area contributed by atoms with E-state index in [-0.39, 0.29) is 5.91 Å². The fourth-order valence-electron chi connectivity index (χ4n) is 2.66. The van der Waals surface area contributed by atoms with Crippen LogP contribution in [0.25, 0.3) is 5.69 Å². The number of hydrogen-bond donors (Lipinski definition) is 1. The second-order valence-electron chi connectivity index (χ2n) is 5.59. The molecule has 0 spiro atoms. The van der Waals surface area contributed by atoms with Crippen LogP contribution in [0.2, 0.25) is 0 Å². The summed E-state index contributed by atoms with van der Waals surface area (Å²) in [6.45, 7) is 5.12. The number of rotatable bonds is 6. The van der Waals surface area contributed by atoms with Crippen molar-refractivity contribution in [3.63, 3.8) is 0 Å². The molecule has 3 rings (SSSR count). The molecule has 0 saturated heterocycles. The van der Waals surface area contributed by atoms with Crippen LogP contribution >= 0.6 is 0 Å². The quantitative estimate of drug-likeness (QED) is 0.748. The summed E-state index contributed by atoms with van der Waals surface area (Å²) in [4.78, 5) is 12.7. The van der Waals surface area contributed by atoms with Gasteiger partial charge in [-0.25, -0.2) is 4.68 Å². The second kappa shape index (κ2) is 7.21. The van der Waals surface area contributed by atoms with E-state index >= 15 is 0 Å². The minimum Gasteiger partial charge on any atom is -0.480 e. The van der Waals surface area contributed by atoms with Gasteiger partial charge in [0.25, 0.3) is 5.91 Å². The number of hydrogen-bond acceptors (Lipinski definition) is 4. The summed E-state index contributed by atoms with van der Waals surface area (Å²) < 4.78 is 8.64. The molecule has 0 aliphatic carbocycles. The minimum absolute atomic E-state index is 0.221. The first-order valence-corrected chi connectivity index (χ1v) is 8.13. The third kappa shape index (κ3) is 3.55. The van der Waals surface area contributed by atoms with Crippen molar-refractivity contribution in [3.8, 4) is 11.6 Å². The third-order valence-electron chi connectivity index (χ3n) is 3.84. The zero-order valence-corrected chi connectivity index (χ0v) is 14.6. The maximum Gasteiger partial charge on any atom is 0.270 e. The number of carbonyl (C=O) groups is 1. The number of benzene rings is 1. The summed E-state index contributed by atoms with van der Waals surface area (Å²) in [5, 5.41) is 11.7. The molecule has 0 atom stereocenters. The largest absolute Gasteiger partial charge is 0.480 e. The van der Waals surface area contributed by atoms with Gasteiger partial charge in [0, 0.05) is 12.6 Å². The number of para-hydroxylation sites is 1. The van der Waals surface area contributed by atoms with Crippen LogP contribution in [0.4, 0.5) is 0 Å². The van der Waals surface area contributed by atoms with E-state index in [1.165, 1.54) is 7.11 Å². The van der Waals surface area contributed by atoms with Gasteiger partial charge >= 0.3 is 0 Å². The fourth-order valence-corrected chi connectivity index (χ4v) is 2.66. The van der Waals surface area contributed by atoms with Crippen LogP contribution < -0.4 is 10.1 Å². The van der Waals surface area contributed by atoms with Crippen LogP contribution in [-0.4, -0.2) is 32.6 Å². The second-order valence-corrected chi connectivity index (χ2v) is 5.59. The number of carbonyl (C=O) groups excluding carboxylic acids is 1. The van der Waals surface area contributed by atoms with Crippen LogP contribution in [0.5, 0.6) is 5.88 Å². The molecular formula is C18H21N5O2. The van der Waals surface area contributed by atoms with Gasteiger partial charge in [0.2, 0.25) is 5.88 Å². The molecule has 0 radical (unpaired) electrons. The van der Waals surface area contributed by atoms with Gasteiger partial charge in [-0.3, -0.25) is 9.48 Å². The topological polar surface area (TPSA) is 74.0 Å². The van der Waals surface area contributed by atoms with Gasteiger partial charge in [0.15, 0.2) is 0 Å². The Balaban J connectivity index is 1.83. The number of nitrogens with zero attached hydrogens (tertiary/aromatic N) is 4. The Morgan fingerprint density at radius 1 is 1.20 bits per heavy atom. The molecule has 3 aromatic rings. The number of aryl methyl sites for hydroxylation is 2. The SMILES string of the molecule is CCn1nc(C)cc1CNC(=O)c1cc(OC)nn1-c1ccccc1. The number of ether oxygens (including phenoxy) is 1. The molecule has 7 heteroatoms. The average molecular weight is 339 g/mol. The molecule has 2 aromatic heterocycles. The zero-order chi connectivity index (χ0) is 17.8. The Bertz CT molecular complexity index is 867. The van der Waals surface area contributed by atoms with Gasteiger partial charge in [-0.1, -0.05) is 18.2 Å². The number of methoxy groups -OCH3 is 1. The predicted molar refractivity (Wildman–Crippen MR) is 93.9 cm³/mol. The van der Waals surface area contributed by atoms with E-state index in [9.17, 15) is 4.79 Å². The van der Waals surface area contributed by atoms with E-state index < -0.39 is 0 Å². The Hall–Kier alpha value is -3.09. The summed E-state index contributed by atoms with van der Waals surface area (Å²) in [6, 6.07) is 13.1. The molecule has 1 aromatic carbocycles. The van der Waals surface area contributed by atoms with E-state index in [2.05, 4.69) is 15.5 Å². The first kappa shape index (κ1) is 16.8. The maximum atomic E-state index is 12.7. The number of nitrogens with one attached hydrogen (secondary N) is 1. The van der Waals surface area contributed by atoms with Crippen LogP contribution in [0.3, 0.4) is 0 Å². The Kier molecular flexibility index (Phi) is 4.83. The highest BCUT2D eigenvalue weighted by molar-refractivity contribution is 5.93. The van der Waals surface area contributed by atoms with Crippen LogP contribution in [0.15, 0.2) is 42.5 Å². The Morgan fingerprint density at radius 2 is 1.96 bits per heavy atom. The van der Waals surface area contributed by atoms with E-state index in [4.69, 9.17) is 4.74 Å². The van der Waals surface area contributed by atoms with Gasteiger partial charge in [-0.05, 0) is 32.0 Å². The summed E-state index contributed by atoms with van der Waals surface area (Å²) in [5.74, 6) is 0.171. The molecule has 0 saturated carbocycles. The zero-order valence-electron chi connectivity index (χ0n) is 14.6. The summed E-state index contributed by atoms with van der Waals surface area (Å²) in [6.07, 6.45) is 0. The van der Waals surface area contributed by atoms with E-state index in [1.807, 2.05) is 54.9 Å². The highest BCUT2D eigenvalue weighted by atomic mass is 16.5. The molecule has 0 bridgehead atoms. The maximum absolute atomic E-state index is 12.7. The third-order valence-corrected chi connectivity index (χ3v) is 3.84. The van der Waals surface area contributed by atoms with Crippen molar-refractivity contribution in [2.24, 2.45) is 0 Å². The lowest BCUT2D eigenvalue weighted by atomic mass is 10.3. The molecule has 1 amide bonds. The monoisotopic (exact) mass is 339 g/mol. The first-order valence-electron chi connectivity index (χ1n) is 8.13. The molecule has 2 heterocycles. The van der Waals surface area contributed by atoms with Gasteiger partial charge in [0.1, 0.15) is 5.69 Å². The predicted octanol–water partition coefficient (Wildman–Crippen LogP) is 2.34. The highest BCUT2D eigenvalue weighted by Gasteiger charge is 2.17. The first-order chi connectivity index (χ1) is 12.1. The molecule has 130 valence electrons. The van der Waals surface area contributed by atoms with Gasteiger partial charge in [0.05, 0.1) is 30.7 Å².